The molecule has 1 aliphatic rings. The van der Waals surface area contributed by atoms with Crippen molar-refractivity contribution in [3.05, 3.63) is 28.5 Å². The summed E-state index contributed by atoms with van der Waals surface area (Å²) in [5, 5.41) is 3.34. The summed E-state index contributed by atoms with van der Waals surface area (Å²) in [4.78, 5) is 4.07. The first-order valence-electron chi connectivity index (χ1n) is 3.71. The minimum absolute atomic E-state index is 0. The highest BCUT2D eigenvalue weighted by molar-refractivity contribution is 9.10. The summed E-state index contributed by atoms with van der Waals surface area (Å²) in [6.07, 6.45) is 3.08. The summed E-state index contributed by atoms with van der Waals surface area (Å²) in [7, 11) is 0. The van der Waals surface area contributed by atoms with Gasteiger partial charge in [-0.1, -0.05) is 0 Å². The van der Waals surface area contributed by atoms with Crippen molar-refractivity contribution < 1.29 is 0 Å². The molecule has 1 N–H and O–H groups in total. The van der Waals surface area contributed by atoms with Gasteiger partial charge >= 0.3 is 0 Å². The van der Waals surface area contributed by atoms with E-state index in [2.05, 4.69) is 38.4 Å². The normalized spacial score (nSPS) is 20.9. The van der Waals surface area contributed by atoms with Crippen LogP contribution in [0.2, 0.25) is 0 Å². The molecule has 0 radical (unpaired) electrons. The Hall–Kier alpha value is -0.120. The Morgan fingerprint density at radius 3 is 2.83 bits per heavy atom. The maximum Gasteiger partial charge on any atom is 0.106 e. The molecule has 1 aromatic rings. The zero-order chi connectivity index (χ0) is 7.68. The van der Waals surface area contributed by atoms with Gasteiger partial charge in [-0.15, -0.1) is 12.4 Å². The summed E-state index contributed by atoms with van der Waals surface area (Å²) < 4.78 is 0.920. The fraction of sp³-hybridized carbons (Fsp3) is 0.375. The predicted octanol–water partition coefficient (Wildman–Crippen LogP) is 2.30. The molecule has 1 fully saturated rings. The Morgan fingerprint density at radius 2 is 2.33 bits per heavy atom. The predicted molar refractivity (Wildman–Crippen MR) is 54.5 cm³/mol. The van der Waals surface area contributed by atoms with Crippen molar-refractivity contribution in [2.45, 2.75) is 12.5 Å². The number of rotatable bonds is 1. The molecular formula is C8H10BrClN2. The molecule has 2 heterocycles. The first kappa shape index (κ1) is 9.96. The Morgan fingerprint density at radius 1 is 1.58 bits per heavy atom. The van der Waals surface area contributed by atoms with Gasteiger partial charge in [0.25, 0.3) is 0 Å². The molecule has 2 nitrogen and oxygen atoms in total. The van der Waals surface area contributed by atoms with Crippen LogP contribution in [0.3, 0.4) is 0 Å². The molecular weight excluding hydrogens is 239 g/mol. The van der Waals surface area contributed by atoms with E-state index in [1.54, 1.807) is 0 Å². The average molecular weight is 250 g/mol. The summed E-state index contributed by atoms with van der Waals surface area (Å²) in [5.74, 6) is 0. The molecule has 1 atom stereocenters. The van der Waals surface area contributed by atoms with Crippen molar-refractivity contribution >= 4 is 28.3 Å². The molecule has 0 unspecified atom stereocenters. The number of nitrogens with one attached hydrogen (secondary N) is 1. The first-order chi connectivity index (χ1) is 5.36. The van der Waals surface area contributed by atoms with Gasteiger partial charge in [0.2, 0.25) is 0 Å². The van der Waals surface area contributed by atoms with Crippen LogP contribution in [-0.4, -0.2) is 11.5 Å². The zero-order valence-corrected chi connectivity index (χ0v) is 8.86. The highest BCUT2D eigenvalue weighted by Gasteiger charge is 2.17. The molecule has 2 rings (SSSR count). The van der Waals surface area contributed by atoms with Crippen molar-refractivity contribution in [3.8, 4) is 0 Å². The third-order valence-electron chi connectivity index (χ3n) is 1.98. The Kier molecular flexibility index (Phi) is 3.50. The van der Waals surface area contributed by atoms with Crippen LogP contribution in [0.4, 0.5) is 0 Å². The fourth-order valence-corrected chi connectivity index (χ4v) is 1.59. The Bertz CT molecular complexity index is 263. The van der Waals surface area contributed by atoms with Crippen molar-refractivity contribution in [2.24, 2.45) is 0 Å². The van der Waals surface area contributed by atoms with E-state index >= 15 is 0 Å². The minimum Gasteiger partial charge on any atom is -0.310 e. The maximum atomic E-state index is 4.07. The van der Waals surface area contributed by atoms with Crippen molar-refractivity contribution in [1.29, 1.82) is 0 Å². The van der Waals surface area contributed by atoms with Crippen molar-refractivity contribution in [3.63, 3.8) is 0 Å². The van der Waals surface area contributed by atoms with Crippen LogP contribution in [0.1, 0.15) is 18.0 Å². The quantitative estimate of drug-likeness (QED) is 0.773. The standard InChI is InChI=1S/C8H9BrN2.ClH/c9-8-5-6(1-3-11-8)7-2-4-10-7;/h1,3,5,7,10H,2,4H2;1H/t7-;/m0./s1. The zero-order valence-electron chi connectivity index (χ0n) is 6.46. The highest BCUT2D eigenvalue weighted by Crippen LogP contribution is 2.23. The van der Waals surface area contributed by atoms with Gasteiger partial charge in [-0.2, -0.15) is 0 Å². The number of halogens is 2. The molecule has 0 aliphatic carbocycles. The largest absolute Gasteiger partial charge is 0.310 e. The van der Waals surface area contributed by atoms with Crippen LogP contribution in [0.5, 0.6) is 0 Å². The van der Waals surface area contributed by atoms with Gasteiger partial charge in [0, 0.05) is 12.2 Å². The summed E-state index contributed by atoms with van der Waals surface area (Å²) in [6, 6.07) is 4.69. The van der Waals surface area contributed by atoms with Gasteiger partial charge in [-0.25, -0.2) is 4.98 Å². The van der Waals surface area contributed by atoms with E-state index in [0.717, 1.165) is 11.1 Å². The maximum absolute atomic E-state index is 4.07. The molecule has 0 spiro atoms. The van der Waals surface area contributed by atoms with E-state index in [-0.39, 0.29) is 12.4 Å². The fourth-order valence-electron chi connectivity index (χ4n) is 1.21. The molecule has 1 aliphatic heterocycles. The average Bonchev–Trinajstić information content (AvgIpc) is 1.83. The number of nitrogens with zero attached hydrogens (tertiary/aromatic N) is 1. The number of hydrogen-bond donors (Lipinski definition) is 1. The summed E-state index contributed by atoms with van der Waals surface area (Å²) >= 11 is 3.34. The van der Waals surface area contributed by atoms with Gasteiger partial charge in [0.15, 0.2) is 0 Å². The number of aromatic nitrogens is 1. The summed E-state index contributed by atoms with van der Waals surface area (Å²) in [6.45, 7) is 1.14. The molecule has 66 valence electrons. The van der Waals surface area contributed by atoms with E-state index in [4.69, 9.17) is 0 Å². The topological polar surface area (TPSA) is 24.9 Å². The SMILES string of the molecule is Brc1cc([C@@H]2CCN2)ccn1.Cl. The van der Waals surface area contributed by atoms with Gasteiger partial charge in [-0.05, 0) is 46.6 Å². The molecule has 4 heteroatoms. The van der Waals surface area contributed by atoms with Crippen LogP contribution >= 0.6 is 28.3 Å². The van der Waals surface area contributed by atoms with Crippen LogP contribution in [-0.2, 0) is 0 Å². The Labute approximate surface area is 86.3 Å². The highest BCUT2D eigenvalue weighted by atomic mass is 79.9. The smallest absolute Gasteiger partial charge is 0.106 e. The lowest BCUT2D eigenvalue weighted by molar-refractivity contribution is 0.383. The van der Waals surface area contributed by atoms with E-state index in [0.29, 0.717) is 6.04 Å². The molecule has 0 amide bonds. The molecule has 1 aromatic heterocycles. The minimum atomic E-state index is 0. The molecule has 0 saturated carbocycles. The lowest BCUT2D eigenvalue weighted by atomic mass is 9.99. The second kappa shape index (κ2) is 4.21. The molecule has 0 aromatic carbocycles. The Balaban J connectivity index is 0.000000720. The van der Waals surface area contributed by atoms with E-state index in [9.17, 15) is 0 Å². The third kappa shape index (κ3) is 1.97. The molecule has 0 bridgehead atoms. The van der Waals surface area contributed by atoms with Gasteiger partial charge in [0.05, 0.1) is 0 Å². The van der Waals surface area contributed by atoms with Gasteiger partial charge in [-0.3, -0.25) is 0 Å². The van der Waals surface area contributed by atoms with Gasteiger partial charge < -0.3 is 5.32 Å². The number of hydrogen-bond acceptors (Lipinski definition) is 2. The van der Waals surface area contributed by atoms with Gasteiger partial charge in [0.1, 0.15) is 4.60 Å². The number of pyridine rings is 1. The third-order valence-corrected chi connectivity index (χ3v) is 2.41. The van der Waals surface area contributed by atoms with Crippen molar-refractivity contribution in [2.75, 3.05) is 6.54 Å². The van der Waals surface area contributed by atoms with Crippen LogP contribution in [0.25, 0.3) is 0 Å². The second-order valence-corrected chi connectivity index (χ2v) is 3.52. The lowest BCUT2D eigenvalue weighted by Crippen LogP contribution is -2.34. The molecule has 1 saturated heterocycles. The van der Waals surface area contributed by atoms with Crippen LogP contribution in [0.15, 0.2) is 22.9 Å². The lowest BCUT2D eigenvalue weighted by Gasteiger charge is -2.27. The van der Waals surface area contributed by atoms with Crippen molar-refractivity contribution in [1.82, 2.24) is 10.3 Å². The second-order valence-electron chi connectivity index (χ2n) is 2.71. The van der Waals surface area contributed by atoms with E-state index < -0.39 is 0 Å². The summed E-state index contributed by atoms with van der Waals surface area (Å²) in [5.41, 5.74) is 1.33. The molecule has 12 heavy (non-hydrogen) atoms. The van der Waals surface area contributed by atoms with E-state index in [1.165, 1.54) is 12.0 Å². The monoisotopic (exact) mass is 248 g/mol. The van der Waals surface area contributed by atoms with E-state index in [1.807, 2.05) is 6.20 Å². The van der Waals surface area contributed by atoms with Crippen LogP contribution in [0, 0.1) is 0 Å². The first-order valence-corrected chi connectivity index (χ1v) is 4.50. The van der Waals surface area contributed by atoms with Crippen LogP contribution < -0.4 is 5.32 Å².